The van der Waals surface area contributed by atoms with Crippen LogP contribution >= 0.6 is 24.0 Å². The molecule has 3 nitrogen and oxygen atoms in total. The van der Waals surface area contributed by atoms with E-state index in [1.54, 1.807) is 36.4 Å². The van der Waals surface area contributed by atoms with Crippen LogP contribution in [0.2, 0.25) is 0 Å². The first-order chi connectivity index (χ1) is 11.1. The zero-order valence-electron chi connectivity index (χ0n) is 11.9. The summed E-state index contributed by atoms with van der Waals surface area (Å²) in [5.41, 5.74) is 1.31. The molecule has 0 saturated carbocycles. The van der Waals surface area contributed by atoms with E-state index >= 15 is 0 Å². The molecule has 116 valence electrons. The second-order valence-corrected chi connectivity index (χ2v) is 6.52. The molecule has 1 heterocycles. The topological polar surface area (TPSA) is 38.3 Å². The lowest BCUT2D eigenvalue weighted by Gasteiger charge is -2.08. The van der Waals surface area contributed by atoms with E-state index in [1.165, 1.54) is 17.8 Å². The summed E-state index contributed by atoms with van der Waals surface area (Å²) in [6, 6.07) is 13.7. The predicted molar refractivity (Wildman–Crippen MR) is 93.5 cm³/mol. The van der Waals surface area contributed by atoms with Crippen molar-refractivity contribution in [1.82, 2.24) is 5.32 Å². The van der Waals surface area contributed by atoms with Gasteiger partial charge in [-0.05, 0) is 29.8 Å². The van der Waals surface area contributed by atoms with Crippen molar-refractivity contribution >= 4 is 40.3 Å². The van der Waals surface area contributed by atoms with Gasteiger partial charge in [0.1, 0.15) is 22.5 Å². The number of thioether (sulfide) groups is 1. The van der Waals surface area contributed by atoms with E-state index < -0.39 is 0 Å². The van der Waals surface area contributed by atoms with Gasteiger partial charge in [0, 0.05) is 5.56 Å². The van der Waals surface area contributed by atoms with Gasteiger partial charge in [-0.2, -0.15) is 0 Å². The summed E-state index contributed by atoms with van der Waals surface area (Å²) in [5, 5.41) is 2.57. The molecule has 2 aromatic carbocycles. The molecule has 3 rings (SSSR count). The standard InChI is InChI=1S/C17H12FNO2S2/c18-14-7-2-1-5-12(14)10-21-13-6-3-4-11(8-13)9-15-16(20)19-17(22)23-15/h1-9H,10H2,(H,19,20,22). The highest BCUT2D eigenvalue weighted by Gasteiger charge is 2.21. The van der Waals surface area contributed by atoms with Crippen LogP contribution in [0.4, 0.5) is 4.39 Å². The van der Waals surface area contributed by atoms with Crippen LogP contribution < -0.4 is 10.1 Å². The van der Waals surface area contributed by atoms with Gasteiger partial charge in [-0.1, -0.05) is 54.3 Å². The Hall–Kier alpha value is -2.18. The Labute approximate surface area is 142 Å². The summed E-state index contributed by atoms with van der Waals surface area (Å²) in [4.78, 5) is 12.2. The van der Waals surface area contributed by atoms with Gasteiger partial charge < -0.3 is 10.1 Å². The Kier molecular flexibility index (Phi) is 4.73. The van der Waals surface area contributed by atoms with Crippen molar-refractivity contribution in [1.29, 1.82) is 0 Å². The van der Waals surface area contributed by atoms with Gasteiger partial charge in [-0.25, -0.2) is 4.39 Å². The number of hydrogen-bond donors (Lipinski definition) is 1. The monoisotopic (exact) mass is 345 g/mol. The summed E-state index contributed by atoms with van der Waals surface area (Å²) in [5.74, 6) is 0.115. The third kappa shape index (κ3) is 3.97. The molecule has 1 saturated heterocycles. The Bertz CT molecular complexity index is 805. The van der Waals surface area contributed by atoms with Gasteiger partial charge in [0.2, 0.25) is 0 Å². The van der Waals surface area contributed by atoms with Crippen LogP contribution in [-0.2, 0) is 11.4 Å². The van der Waals surface area contributed by atoms with Crippen molar-refractivity contribution in [3.05, 3.63) is 70.4 Å². The molecule has 6 heteroatoms. The molecule has 0 radical (unpaired) electrons. The number of amides is 1. The normalized spacial score (nSPS) is 15.8. The van der Waals surface area contributed by atoms with Gasteiger partial charge in [0.25, 0.3) is 5.91 Å². The van der Waals surface area contributed by atoms with Gasteiger partial charge in [-0.15, -0.1) is 0 Å². The van der Waals surface area contributed by atoms with Crippen LogP contribution in [0.15, 0.2) is 53.4 Å². The summed E-state index contributed by atoms with van der Waals surface area (Å²) >= 11 is 6.18. The summed E-state index contributed by atoms with van der Waals surface area (Å²) < 4.78 is 19.6. The molecule has 1 N–H and O–H groups in total. The minimum absolute atomic E-state index is 0.145. The van der Waals surface area contributed by atoms with E-state index in [4.69, 9.17) is 17.0 Å². The lowest BCUT2D eigenvalue weighted by atomic mass is 10.2. The Balaban J connectivity index is 1.73. The maximum Gasteiger partial charge on any atom is 0.263 e. The highest BCUT2D eigenvalue weighted by Crippen LogP contribution is 2.27. The molecular weight excluding hydrogens is 333 g/mol. The van der Waals surface area contributed by atoms with E-state index in [2.05, 4.69) is 5.32 Å². The molecule has 1 amide bonds. The third-order valence-corrected chi connectivity index (χ3v) is 4.31. The van der Waals surface area contributed by atoms with Gasteiger partial charge >= 0.3 is 0 Å². The van der Waals surface area contributed by atoms with E-state index in [9.17, 15) is 9.18 Å². The number of ether oxygens (including phenoxy) is 1. The predicted octanol–water partition coefficient (Wildman–Crippen LogP) is 3.89. The molecular formula is C17H12FNO2S2. The molecule has 23 heavy (non-hydrogen) atoms. The fourth-order valence-corrected chi connectivity index (χ4v) is 3.09. The third-order valence-electron chi connectivity index (χ3n) is 3.15. The van der Waals surface area contributed by atoms with Crippen molar-refractivity contribution in [3.8, 4) is 5.75 Å². The molecule has 0 atom stereocenters. The van der Waals surface area contributed by atoms with Crippen molar-refractivity contribution in [2.75, 3.05) is 0 Å². The SMILES string of the molecule is O=C1NC(=S)SC1=Cc1cccc(OCc2ccccc2F)c1. The summed E-state index contributed by atoms with van der Waals surface area (Å²) in [7, 11) is 0. The molecule has 1 aliphatic rings. The molecule has 0 unspecified atom stereocenters. The average molecular weight is 345 g/mol. The minimum Gasteiger partial charge on any atom is -0.489 e. The molecule has 0 aromatic heterocycles. The van der Waals surface area contributed by atoms with E-state index in [0.29, 0.717) is 20.5 Å². The largest absolute Gasteiger partial charge is 0.489 e. The minimum atomic E-state index is -0.293. The van der Waals surface area contributed by atoms with Crippen LogP contribution in [0.3, 0.4) is 0 Å². The number of carbonyl (C=O) groups excluding carboxylic acids is 1. The highest BCUT2D eigenvalue weighted by molar-refractivity contribution is 8.26. The highest BCUT2D eigenvalue weighted by atomic mass is 32.2. The van der Waals surface area contributed by atoms with Gasteiger partial charge in [0.15, 0.2) is 0 Å². The molecule has 0 bridgehead atoms. The maximum absolute atomic E-state index is 13.6. The Morgan fingerprint density at radius 1 is 1.22 bits per heavy atom. The maximum atomic E-state index is 13.6. The van der Waals surface area contributed by atoms with E-state index in [1.807, 2.05) is 12.1 Å². The van der Waals surface area contributed by atoms with E-state index in [-0.39, 0.29) is 18.3 Å². The second kappa shape index (κ2) is 6.93. The van der Waals surface area contributed by atoms with Crippen molar-refractivity contribution in [2.24, 2.45) is 0 Å². The van der Waals surface area contributed by atoms with Crippen molar-refractivity contribution < 1.29 is 13.9 Å². The van der Waals surface area contributed by atoms with Crippen LogP contribution in [-0.4, -0.2) is 10.2 Å². The number of nitrogens with one attached hydrogen (secondary N) is 1. The Morgan fingerprint density at radius 3 is 2.78 bits per heavy atom. The van der Waals surface area contributed by atoms with Crippen LogP contribution in [0.1, 0.15) is 11.1 Å². The number of rotatable bonds is 4. The van der Waals surface area contributed by atoms with Crippen LogP contribution in [0.5, 0.6) is 5.75 Å². The quantitative estimate of drug-likeness (QED) is 0.674. The number of thiocarbonyl (C=S) groups is 1. The first-order valence-corrected chi connectivity index (χ1v) is 8.05. The number of hydrogen-bond acceptors (Lipinski definition) is 4. The average Bonchev–Trinajstić information content (AvgIpc) is 2.84. The smallest absolute Gasteiger partial charge is 0.263 e. The molecule has 2 aromatic rings. The summed E-state index contributed by atoms with van der Waals surface area (Å²) in [6.07, 6.45) is 1.75. The molecule has 0 aliphatic carbocycles. The first kappa shape index (κ1) is 15.7. The van der Waals surface area contributed by atoms with Crippen molar-refractivity contribution in [2.45, 2.75) is 6.61 Å². The molecule has 0 spiro atoms. The Morgan fingerprint density at radius 2 is 2.04 bits per heavy atom. The van der Waals surface area contributed by atoms with Crippen LogP contribution in [0.25, 0.3) is 6.08 Å². The number of carbonyl (C=O) groups is 1. The number of halogens is 1. The molecule has 1 aliphatic heterocycles. The van der Waals surface area contributed by atoms with Gasteiger partial charge in [-0.3, -0.25) is 4.79 Å². The fourth-order valence-electron chi connectivity index (χ4n) is 2.04. The van der Waals surface area contributed by atoms with E-state index in [0.717, 1.165) is 5.56 Å². The summed E-state index contributed by atoms with van der Waals surface area (Å²) in [6.45, 7) is 0.145. The van der Waals surface area contributed by atoms with Gasteiger partial charge in [0.05, 0.1) is 4.91 Å². The fraction of sp³-hybridized carbons (Fsp3) is 0.0588. The lowest BCUT2D eigenvalue weighted by molar-refractivity contribution is -0.115. The first-order valence-electron chi connectivity index (χ1n) is 6.83. The molecule has 1 fully saturated rings. The lowest BCUT2D eigenvalue weighted by Crippen LogP contribution is -2.17. The number of benzene rings is 2. The zero-order valence-corrected chi connectivity index (χ0v) is 13.5. The van der Waals surface area contributed by atoms with Crippen LogP contribution in [0, 0.1) is 5.82 Å². The second-order valence-electron chi connectivity index (χ2n) is 4.80. The zero-order chi connectivity index (χ0) is 16.2. The van der Waals surface area contributed by atoms with Crippen molar-refractivity contribution in [3.63, 3.8) is 0 Å².